The van der Waals surface area contributed by atoms with Crippen LogP contribution in [0, 0.1) is 11.7 Å². The molecule has 1 aromatic heterocycles. The van der Waals surface area contributed by atoms with Crippen LogP contribution < -0.4 is 10.2 Å². The number of methoxy groups -OCH3 is 1. The Morgan fingerprint density at radius 1 is 1.21 bits per heavy atom. The van der Waals surface area contributed by atoms with E-state index in [0.717, 1.165) is 32.1 Å². The average Bonchev–Trinajstić information content (AvgIpc) is 2.84. The molecule has 1 saturated carbocycles. The van der Waals surface area contributed by atoms with Gasteiger partial charge in [-0.1, -0.05) is 49.1 Å². The Labute approximate surface area is 201 Å². The molecular weight excluding hydrogens is 461 g/mol. The highest BCUT2D eigenvalue weighted by atomic mass is 35.5. The lowest BCUT2D eigenvalue weighted by atomic mass is 9.83. The maximum atomic E-state index is 14.9. The molecule has 1 heterocycles. The van der Waals surface area contributed by atoms with Gasteiger partial charge in [-0.25, -0.2) is 9.18 Å². The molecule has 1 atom stereocenters. The van der Waals surface area contributed by atoms with Crippen LogP contribution in [0.5, 0.6) is 5.75 Å². The van der Waals surface area contributed by atoms with Gasteiger partial charge in [0, 0.05) is 12.1 Å². The van der Waals surface area contributed by atoms with Gasteiger partial charge in [0.1, 0.15) is 17.1 Å². The summed E-state index contributed by atoms with van der Waals surface area (Å²) in [4.78, 5) is 25.8. The van der Waals surface area contributed by atoms with Gasteiger partial charge in [-0.2, -0.15) is 0 Å². The van der Waals surface area contributed by atoms with Crippen LogP contribution in [-0.2, 0) is 6.42 Å². The Morgan fingerprint density at radius 2 is 1.91 bits per heavy atom. The van der Waals surface area contributed by atoms with Gasteiger partial charge >= 0.3 is 5.97 Å². The molecule has 0 spiro atoms. The molecule has 0 bridgehead atoms. The predicted octanol–water partition coefficient (Wildman–Crippen LogP) is 5.21. The topological polar surface area (TPSA) is 88.8 Å². The number of benzene rings is 2. The van der Waals surface area contributed by atoms with Crippen LogP contribution >= 0.6 is 11.6 Å². The number of carboxylic acids is 1. The number of para-hydroxylation sites is 1. The lowest BCUT2D eigenvalue weighted by molar-refractivity contribution is 0.0691. The van der Waals surface area contributed by atoms with Gasteiger partial charge in [0.05, 0.1) is 35.7 Å². The van der Waals surface area contributed by atoms with Crippen LogP contribution in [0.15, 0.2) is 41.2 Å². The number of hydrogen-bond donors (Lipinski definition) is 2. The number of carboxylic acid groups (broad SMARTS) is 1. The van der Waals surface area contributed by atoms with Crippen molar-refractivity contribution < 1.29 is 24.1 Å². The Kier molecular flexibility index (Phi) is 7.24. The highest BCUT2D eigenvalue weighted by Gasteiger charge is 2.32. The molecule has 0 aliphatic heterocycles. The zero-order valence-electron chi connectivity index (χ0n) is 18.9. The van der Waals surface area contributed by atoms with Crippen molar-refractivity contribution in [2.45, 2.75) is 44.6 Å². The summed E-state index contributed by atoms with van der Waals surface area (Å²) in [6.45, 7) is -0.259. The van der Waals surface area contributed by atoms with Crippen molar-refractivity contribution in [2.24, 2.45) is 5.92 Å². The van der Waals surface area contributed by atoms with Crippen LogP contribution in [0.3, 0.4) is 0 Å². The van der Waals surface area contributed by atoms with Gasteiger partial charge in [-0.05, 0) is 42.5 Å². The number of nitrogens with zero attached hydrogens (tertiary/aromatic N) is 1. The van der Waals surface area contributed by atoms with E-state index in [-0.39, 0.29) is 40.6 Å². The van der Waals surface area contributed by atoms with Crippen molar-refractivity contribution in [3.05, 3.63) is 74.3 Å². The Hall–Kier alpha value is -2.90. The van der Waals surface area contributed by atoms with Crippen molar-refractivity contribution in [1.29, 1.82) is 0 Å². The summed E-state index contributed by atoms with van der Waals surface area (Å²) in [6.07, 6.45) is 4.65. The molecule has 3 aromatic rings. The van der Waals surface area contributed by atoms with Crippen molar-refractivity contribution in [3.8, 4) is 5.75 Å². The largest absolute Gasteiger partial charge is 0.495 e. The number of aromatic nitrogens is 1. The minimum atomic E-state index is -1.40. The number of aliphatic hydroxyl groups excluding tert-OH is 1. The third-order valence-corrected chi connectivity index (χ3v) is 7.12. The van der Waals surface area contributed by atoms with Crippen molar-refractivity contribution in [1.82, 2.24) is 4.57 Å². The quantitative estimate of drug-likeness (QED) is 0.478. The summed E-state index contributed by atoms with van der Waals surface area (Å²) in [7, 11) is 1.47. The van der Waals surface area contributed by atoms with E-state index in [1.807, 2.05) is 0 Å². The highest BCUT2D eigenvalue weighted by Crippen LogP contribution is 2.38. The second kappa shape index (κ2) is 10.2. The zero-order chi connectivity index (χ0) is 24.4. The SMILES string of the molecule is COc1cccc2c(=O)c(C(=O)O)c(Cc3cccc(Cl)c3F)n(C(CO)C3CCCCC3)c12. The van der Waals surface area contributed by atoms with Crippen LogP contribution in [0.1, 0.15) is 59.8 Å². The fourth-order valence-electron chi connectivity index (χ4n) is 5.23. The Morgan fingerprint density at radius 3 is 2.56 bits per heavy atom. The summed E-state index contributed by atoms with van der Waals surface area (Å²) < 4.78 is 22.2. The minimum absolute atomic E-state index is 0.0685. The van der Waals surface area contributed by atoms with Gasteiger partial charge in [0.2, 0.25) is 5.43 Å². The number of fused-ring (bicyclic) bond motifs is 1. The smallest absolute Gasteiger partial charge is 0.341 e. The van der Waals surface area contributed by atoms with Gasteiger partial charge in [-0.15, -0.1) is 0 Å². The minimum Gasteiger partial charge on any atom is -0.495 e. The molecule has 0 saturated heterocycles. The third-order valence-electron chi connectivity index (χ3n) is 6.83. The number of ether oxygens (including phenoxy) is 1. The number of rotatable bonds is 7. The molecule has 0 amide bonds. The number of aliphatic hydroxyl groups is 1. The third kappa shape index (κ3) is 4.30. The highest BCUT2D eigenvalue weighted by molar-refractivity contribution is 6.30. The van der Waals surface area contributed by atoms with E-state index in [4.69, 9.17) is 16.3 Å². The van der Waals surface area contributed by atoms with Crippen LogP contribution in [-0.4, -0.2) is 34.5 Å². The normalized spacial score (nSPS) is 15.4. The monoisotopic (exact) mass is 487 g/mol. The fourth-order valence-corrected chi connectivity index (χ4v) is 5.42. The molecule has 1 fully saturated rings. The molecule has 1 unspecified atom stereocenters. The van der Waals surface area contributed by atoms with Gasteiger partial charge in [0.15, 0.2) is 0 Å². The lowest BCUT2D eigenvalue weighted by Gasteiger charge is -2.34. The van der Waals surface area contributed by atoms with E-state index in [1.54, 1.807) is 28.8 Å². The first-order chi connectivity index (χ1) is 16.4. The maximum Gasteiger partial charge on any atom is 0.341 e. The van der Waals surface area contributed by atoms with Crippen LogP contribution in [0.2, 0.25) is 5.02 Å². The van der Waals surface area contributed by atoms with E-state index in [1.165, 1.54) is 19.2 Å². The molecule has 34 heavy (non-hydrogen) atoms. The van der Waals surface area contributed by atoms with Crippen molar-refractivity contribution in [2.75, 3.05) is 13.7 Å². The second-order valence-electron chi connectivity index (χ2n) is 8.72. The molecule has 8 heteroatoms. The van der Waals surface area contributed by atoms with Crippen molar-refractivity contribution >= 4 is 28.5 Å². The summed E-state index contributed by atoms with van der Waals surface area (Å²) >= 11 is 5.99. The molecule has 4 rings (SSSR count). The van der Waals surface area contributed by atoms with Gasteiger partial charge in [-0.3, -0.25) is 4.79 Å². The van der Waals surface area contributed by atoms with Crippen LogP contribution in [0.25, 0.3) is 10.9 Å². The Balaban J connectivity index is 2.11. The molecule has 1 aliphatic carbocycles. The molecule has 2 aromatic carbocycles. The summed E-state index contributed by atoms with van der Waals surface area (Å²) in [5.74, 6) is -1.62. The summed E-state index contributed by atoms with van der Waals surface area (Å²) in [5.41, 5.74) is -0.412. The lowest BCUT2D eigenvalue weighted by Crippen LogP contribution is -2.32. The van der Waals surface area contributed by atoms with E-state index in [9.17, 15) is 24.2 Å². The Bertz CT molecular complexity index is 1280. The molecule has 180 valence electrons. The number of pyridine rings is 1. The summed E-state index contributed by atoms with van der Waals surface area (Å²) in [6, 6.07) is 8.88. The predicted molar refractivity (Wildman–Crippen MR) is 129 cm³/mol. The maximum absolute atomic E-state index is 14.9. The van der Waals surface area contributed by atoms with E-state index >= 15 is 0 Å². The van der Waals surface area contributed by atoms with E-state index < -0.39 is 28.8 Å². The fraction of sp³-hybridized carbons (Fsp3) is 0.385. The first-order valence-electron chi connectivity index (χ1n) is 11.4. The standard InChI is InChI=1S/C26H27ClFNO5/c1-34-21-12-6-10-17-24(21)29(20(14-30)15-7-3-2-4-8-15)19(22(25(17)31)26(32)33)13-16-9-5-11-18(27)23(16)28/h5-6,9-12,15,20,30H,2-4,7-8,13-14H2,1H3,(H,32,33). The first-order valence-corrected chi connectivity index (χ1v) is 11.8. The number of halogens is 2. The molecule has 1 aliphatic rings. The van der Waals surface area contributed by atoms with E-state index in [2.05, 4.69) is 0 Å². The number of carbonyl (C=O) groups is 1. The number of hydrogen-bond acceptors (Lipinski definition) is 4. The van der Waals surface area contributed by atoms with Gasteiger partial charge < -0.3 is 19.5 Å². The molecule has 6 nitrogen and oxygen atoms in total. The average molecular weight is 488 g/mol. The molecule has 0 radical (unpaired) electrons. The van der Waals surface area contributed by atoms with Crippen LogP contribution in [0.4, 0.5) is 4.39 Å². The number of aromatic carboxylic acids is 1. The second-order valence-corrected chi connectivity index (χ2v) is 9.13. The molecule has 2 N–H and O–H groups in total. The summed E-state index contributed by atoms with van der Waals surface area (Å²) in [5, 5.41) is 20.7. The van der Waals surface area contributed by atoms with E-state index in [0.29, 0.717) is 11.3 Å². The van der Waals surface area contributed by atoms with Gasteiger partial charge in [0.25, 0.3) is 0 Å². The van der Waals surface area contributed by atoms with Crippen molar-refractivity contribution in [3.63, 3.8) is 0 Å². The molecular formula is C26H27ClFNO5. The first kappa shape index (κ1) is 24.2. The zero-order valence-corrected chi connectivity index (χ0v) is 19.6.